The zero-order valence-corrected chi connectivity index (χ0v) is 8.00. The monoisotopic (exact) mass is 165 g/mol. The molecule has 0 N–H and O–H groups in total. The van der Waals surface area contributed by atoms with Crippen molar-refractivity contribution in [2.75, 3.05) is 7.05 Å². The van der Waals surface area contributed by atoms with Crippen molar-refractivity contribution in [3.05, 3.63) is 12.7 Å². The molecule has 0 spiro atoms. The summed E-state index contributed by atoms with van der Waals surface area (Å²) >= 11 is 0. The minimum absolute atomic E-state index is 0.897. The summed E-state index contributed by atoms with van der Waals surface area (Å²) in [4.78, 5) is 2.60. The Morgan fingerprint density at radius 3 is 2.42 bits per heavy atom. The molecule has 0 aliphatic carbocycles. The second kappa shape index (κ2) is 3.21. The Labute approximate surface area is 75.4 Å². The highest BCUT2D eigenvalue weighted by atomic mass is 15.2. The average molecular weight is 165 g/mol. The average Bonchev–Trinajstić information content (AvgIpc) is 2.33. The van der Waals surface area contributed by atoms with Crippen LogP contribution in [0.1, 0.15) is 32.1 Å². The maximum atomic E-state index is 3.83. The highest BCUT2D eigenvalue weighted by Crippen LogP contribution is 2.38. The second-order valence-corrected chi connectivity index (χ2v) is 4.41. The van der Waals surface area contributed by atoms with Crippen molar-refractivity contribution in [1.29, 1.82) is 0 Å². The summed E-state index contributed by atoms with van der Waals surface area (Å²) in [5.74, 6) is 0.941. The van der Waals surface area contributed by atoms with E-state index in [-0.39, 0.29) is 0 Å². The molecule has 0 amide bonds. The molecular weight excluding hydrogens is 146 g/mol. The molecule has 2 fully saturated rings. The van der Waals surface area contributed by atoms with Crippen molar-refractivity contribution in [3.63, 3.8) is 0 Å². The molecule has 0 aromatic heterocycles. The fourth-order valence-electron chi connectivity index (χ4n) is 2.95. The SMILES string of the molecule is C=CCC1C[C@H]2CC[C@@H](C1)N2C. The van der Waals surface area contributed by atoms with Crippen molar-refractivity contribution >= 4 is 0 Å². The molecule has 1 heteroatoms. The third-order valence-electron chi connectivity index (χ3n) is 3.70. The normalized spacial score (nSPS) is 41.6. The molecule has 0 aromatic carbocycles. The van der Waals surface area contributed by atoms with Gasteiger partial charge in [-0.25, -0.2) is 0 Å². The van der Waals surface area contributed by atoms with Gasteiger partial charge in [-0.15, -0.1) is 6.58 Å². The molecule has 68 valence electrons. The Morgan fingerprint density at radius 2 is 1.92 bits per heavy atom. The van der Waals surface area contributed by atoms with Gasteiger partial charge < -0.3 is 4.90 Å². The Morgan fingerprint density at radius 1 is 1.33 bits per heavy atom. The van der Waals surface area contributed by atoms with Crippen molar-refractivity contribution < 1.29 is 0 Å². The van der Waals surface area contributed by atoms with Crippen molar-refractivity contribution in [3.8, 4) is 0 Å². The lowest BCUT2D eigenvalue weighted by atomic mass is 9.89. The van der Waals surface area contributed by atoms with E-state index in [2.05, 4.69) is 24.6 Å². The summed E-state index contributed by atoms with van der Waals surface area (Å²) in [5, 5.41) is 0. The van der Waals surface area contributed by atoms with E-state index in [1.165, 1.54) is 32.1 Å². The molecule has 2 rings (SSSR count). The largest absolute Gasteiger partial charge is 0.300 e. The molecule has 3 atom stereocenters. The van der Waals surface area contributed by atoms with E-state index in [0.717, 1.165) is 18.0 Å². The number of fused-ring (bicyclic) bond motifs is 2. The molecule has 1 unspecified atom stereocenters. The van der Waals surface area contributed by atoms with Crippen LogP contribution in [0.2, 0.25) is 0 Å². The van der Waals surface area contributed by atoms with Gasteiger partial charge in [0.05, 0.1) is 0 Å². The molecule has 2 aliphatic rings. The standard InChI is InChI=1S/C11H19N/c1-3-4-9-7-10-5-6-11(8-9)12(10)2/h3,9-11H,1,4-8H2,2H3/t9?,10-,11+. The van der Waals surface area contributed by atoms with Gasteiger partial charge in [0, 0.05) is 12.1 Å². The first-order chi connectivity index (χ1) is 5.81. The summed E-state index contributed by atoms with van der Waals surface area (Å²) in [7, 11) is 2.30. The van der Waals surface area contributed by atoms with Gasteiger partial charge in [0.15, 0.2) is 0 Å². The maximum absolute atomic E-state index is 3.83. The van der Waals surface area contributed by atoms with Gasteiger partial charge in [0.2, 0.25) is 0 Å². The summed E-state index contributed by atoms with van der Waals surface area (Å²) in [6.07, 6.45) is 9.04. The maximum Gasteiger partial charge on any atom is 0.00984 e. The molecule has 0 saturated carbocycles. The first-order valence-electron chi connectivity index (χ1n) is 5.14. The van der Waals surface area contributed by atoms with Crippen LogP contribution >= 0.6 is 0 Å². The number of nitrogens with zero attached hydrogens (tertiary/aromatic N) is 1. The molecule has 2 heterocycles. The van der Waals surface area contributed by atoms with Gasteiger partial charge in [-0.2, -0.15) is 0 Å². The zero-order chi connectivity index (χ0) is 8.55. The summed E-state index contributed by atoms with van der Waals surface area (Å²) in [6, 6.07) is 1.79. The van der Waals surface area contributed by atoms with Gasteiger partial charge in [0.25, 0.3) is 0 Å². The van der Waals surface area contributed by atoms with Crippen molar-refractivity contribution in [2.24, 2.45) is 5.92 Å². The predicted octanol–water partition coefficient (Wildman–Crippen LogP) is 2.44. The topological polar surface area (TPSA) is 3.24 Å². The zero-order valence-electron chi connectivity index (χ0n) is 8.00. The minimum Gasteiger partial charge on any atom is -0.300 e. The molecule has 2 bridgehead atoms. The van der Waals surface area contributed by atoms with E-state index in [0.29, 0.717) is 0 Å². The highest BCUT2D eigenvalue weighted by Gasteiger charge is 2.37. The van der Waals surface area contributed by atoms with Gasteiger partial charge in [0.1, 0.15) is 0 Å². The summed E-state index contributed by atoms with van der Waals surface area (Å²) in [5.41, 5.74) is 0. The lowest BCUT2D eigenvalue weighted by Crippen LogP contribution is -2.39. The molecular formula is C11H19N. The van der Waals surface area contributed by atoms with Crippen LogP contribution in [0.4, 0.5) is 0 Å². The van der Waals surface area contributed by atoms with E-state index >= 15 is 0 Å². The summed E-state index contributed by atoms with van der Waals surface area (Å²) in [6.45, 7) is 3.83. The summed E-state index contributed by atoms with van der Waals surface area (Å²) < 4.78 is 0. The van der Waals surface area contributed by atoms with Gasteiger partial charge in [-0.05, 0) is 45.1 Å². The van der Waals surface area contributed by atoms with Crippen LogP contribution in [0.25, 0.3) is 0 Å². The predicted molar refractivity (Wildman–Crippen MR) is 52.1 cm³/mol. The van der Waals surface area contributed by atoms with Gasteiger partial charge in [-0.3, -0.25) is 0 Å². The number of allylic oxidation sites excluding steroid dienone is 1. The van der Waals surface area contributed by atoms with E-state index in [9.17, 15) is 0 Å². The highest BCUT2D eigenvalue weighted by molar-refractivity contribution is 4.94. The smallest absolute Gasteiger partial charge is 0.00984 e. The number of hydrogen-bond acceptors (Lipinski definition) is 1. The van der Waals surface area contributed by atoms with Gasteiger partial charge in [-0.1, -0.05) is 6.08 Å². The quantitative estimate of drug-likeness (QED) is 0.568. The van der Waals surface area contributed by atoms with Crippen LogP contribution in [-0.4, -0.2) is 24.0 Å². The number of rotatable bonds is 2. The number of piperidine rings is 1. The van der Waals surface area contributed by atoms with E-state index in [1.54, 1.807) is 0 Å². The van der Waals surface area contributed by atoms with E-state index < -0.39 is 0 Å². The van der Waals surface area contributed by atoms with Crippen LogP contribution in [0.3, 0.4) is 0 Å². The van der Waals surface area contributed by atoms with Crippen LogP contribution in [0.15, 0.2) is 12.7 Å². The molecule has 0 radical (unpaired) electrons. The molecule has 2 aliphatic heterocycles. The van der Waals surface area contributed by atoms with Crippen LogP contribution < -0.4 is 0 Å². The third kappa shape index (κ3) is 1.31. The van der Waals surface area contributed by atoms with Crippen LogP contribution in [0.5, 0.6) is 0 Å². The first-order valence-corrected chi connectivity index (χ1v) is 5.14. The van der Waals surface area contributed by atoms with E-state index in [4.69, 9.17) is 0 Å². The van der Waals surface area contributed by atoms with Crippen LogP contribution in [0, 0.1) is 5.92 Å². The Kier molecular flexibility index (Phi) is 2.22. The van der Waals surface area contributed by atoms with Crippen molar-refractivity contribution in [2.45, 2.75) is 44.2 Å². The molecule has 2 saturated heterocycles. The fraction of sp³-hybridized carbons (Fsp3) is 0.818. The minimum atomic E-state index is 0.897. The second-order valence-electron chi connectivity index (χ2n) is 4.41. The third-order valence-corrected chi connectivity index (χ3v) is 3.70. The Hall–Kier alpha value is -0.300. The lowest BCUT2D eigenvalue weighted by Gasteiger charge is -2.35. The van der Waals surface area contributed by atoms with Crippen LogP contribution in [-0.2, 0) is 0 Å². The number of hydrogen-bond donors (Lipinski definition) is 0. The fourth-order valence-corrected chi connectivity index (χ4v) is 2.95. The Bertz CT molecular complexity index is 162. The molecule has 0 aromatic rings. The van der Waals surface area contributed by atoms with Crippen molar-refractivity contribution in [1.82, 2.24) is 4.90 Å². The van der Waals surface area contributed by atoms with Gasteiger partial charge >= 0.3 is 0 Å². The first kappa shape index (κ1) is 8.31. The Balaban J connectivity index is 1.97. The molecule has 1 nitrogen and oxygen atoms in total. The lowest BCUT2D eigenvalue weighted by molar-refractivity contribution is 0.135. The van der Waals surface area contributed by atoms with E-state index in [1.807, 2.05) is 0 Å². The molecule has 12 heavy (non-hydrogen) atoms.